The molecule has 0 saturated heterocycles. The molecule has 1 heteroatoms. The van der Waals surface area contributed by atoms with E-state index in [0.29, 0.717) is 0 Å². The van der Waals surface area contributed by atoms with Crippen LogP contribution in [0.5, 0.6) is 0 Å². The van der Waals surface area contributed by atoms with Gasteiger partial charge in [0, 0.05) is 0 Å². The minimum Gasteiger partial charge on any atom is -0.335 e. The Morgan fingerprint density at radius 2 is 1.25 bits per heavy atom. The van der Waals surface area contributed by atoms with E-state index in [1.165, 1.54) is 0 Å². The van der Waals surface area contributed by atoms with E-state index >= 15 is 0 Å². The van der Waals surface area contributed by atoms with Gasteiger partial charge in [0.1, 0.15) is 0 Å². The van der Waals surface area contributed by atoms with Crippen LogP contribution in [0.1, 0.15) is 13.8 Å². The van der Waals surface area contributed by atoms with Crippen molar-refractivity contribution in [3.63, 3.8) is 0 Å². The summed E-state index contributed by atoms with van der Waals surface area (Å²) in [5, 5.41) is 0. The van der Waals surface area contributed by atoms with E-state index in [1.807, 2.05) is 20.3 Å². The van der Waals surface area contributed by atoms with E-state index in [1.54, 1.807) is 0 Å². The summed E-state index contributed by atoms with van der Waals surface area (Å²) in [5.41, 5.74) is 0. The molecule has 0 aromatic carbocycles. The van der Waals surface area contributed by atoms with Gasteiger partial charge in [-0.15, -0.1) is 0 Å². The van der Waals surface area contributed by atoms with E-state index in [0.717, 1.165) is 0 Å². The molecule has 4 heavy (non-hydrogen) atoms. The molecule has 0 heterocycles. The third-order valence-electron chi connectivity index (χ3n) is 0. The second-order valence-electron chi connectivity index (χ2n) is 0.577. The monoisotopic (exact) mass is 102 g/mol. The van der Waals surface area contributed by atoms with Crippen LogP contribution in [0.4, 0.5) is 0 Å². The average molecular weight is 102 g/mol. The van der Waals surface area contributed by atoms with Crippen LogP contribution in [-0.4, -0.2) is 0 Å². The fraction of sp³-hybridized carbons (Fsp3) is 0.667. The van der Waals surface area contributed by atoms with E-state index < -0.39 is 0 Å². The van der Waals surface area contributed by atoms with Gasteiger partial charge in [-0.2, -0.15) is 13.8 Å². The number of hydrogen-bond acceptors (Lipinski definition) is 0. The van der Waals surface area contributed by atoms with E-state index in [9.17, 15) is 0 Å². The summed E-state index contributed by atoms with van der Waals surface area (Å²) in [6, 6.07) is 0. The molecule has 0 aliphatic rings. The molecule has 0 fully saturated rings. The van der Waals surface area contributed by atoms with Crippen LogP contribution in [-0.2, 0) is 16.8 Å². The average Bonchev–Trinajstić information content (AvgIpc) is 0.918. The first-order valence-electron chi connectivity index (χ1n) is 1.15. The molecule has 27 valence electrons. The van der Waals surface area contributed by atoms with Crippen molar-refractivity contribution in [1.82, 2.24) is 0 Å². The molecular weight excluding hydrogens is 95.0 g/mol. The van der Waals surface area contributed by atoms with Crippen LogP contribution >= 0.6 is 0 Å². The Balaban J connectivity index is 0. The fourth-order valence-corrected chi connectivity index (χ4v) is 0. The number of hydrogen-bond donors (Lipinski definition) is 0. The van der Waals surface area contributed by atoms with Crippen molar-refractivity contribution < 1.29 is 16.8 Å². The van der Waals surface area contributed by atoms with E-state index in [-0.39, 0.29) is 16.8 Å². The van der Waals surface area contributed by atoms with Gasteiger partial charge in [-0.25, -0.2) is 0 Å². The molecule has 0 aliphatic carbocycles. The van der Waals surface area contributed by atoms with Gasteiger partial charge in [-0.05, 0) is 0 Å². The predicted octanol–water partition coefficient (Wildman–Crippen LogP) is 1.23. The second kappa shape index (κ2) is 9.71. The minimum absolute atomic E-state index is 0. The Kier molecular flexibility index (Phi) is 21.4. The van der Waals surface area contributed by atoms with Crippen molar-refractivity contribution >= 4 is 0 Å². The summed E-state index contributed by atoms with van der Waals surface area (Å²) >= 11 is 0. The molecule has 0 aromatic rings. The third-order valence-corrected chi connectivity index (χ3v) is 0. The molecule has 0 saturated carbocycles. The van der Waals surface area contributed by atoms with Crippen molar-refractivity contribution in [2.45, 2.75) is 13.8 Å². The van der Waals surface area contributed by atoms with Crippen molar-refractivity contribution in [3.8, 4) is 0 Å². The molecule has 0 rings (SSSR count). The van der Waals surface area contributed by atoms with Crippen molar-refractivity contribution in [2.75, 3.05) is 0 Å². The standard InChI is InChI=1S/C3H7.Co/c1-3-2;/h3H,1-2H3;/q-1;+2. The maximum atomic E-state index is 2.00. The van der Waals surface area contributed by atoms with E-state index in [2.05, 4.69) is 0 Å². The van der Waals surface area contributed by atoms with Crippen molar-refractivity contribution in [3.05, 3.63) is 6.42 Å². The first-order chi connectivity index (χ1) is 1.41. The summed E-state index contributed by atoms with van der Waals surface area (Å²) < 4.78 is 0. The van der Waals surface area contributed by atoms with E-state index in [4.69, 9.17) is 0 Å². The molecule has 0 nitrogen and oxygen atoms in total. The van der Waals surface area contributed by atoms with Gasteiger partial charge < -0.3 is 6.42 Å². The van der Waals surface area contributed by atoms with Crippen molar-refractivity contribution in [1.29, 1.82) is 0 Å². The fourth-order valence-electron chi connectivity index (χ4n) is 0. The molecule has 0 aliphatic heterocycles. The first-order valence-corrected chi connectivity index (χ1v) is 1.15. The van der Waals surface area contributed by atoms with Gasteiger partial charge in [-0.1, -0.05) is 0 Å². The van der Waals surface area contributed by atoms with Gasteiger partial charge >= 0.3 is 16.8 Å². The maximum Gasteiger partial charge on any atom is 2.00 e. The van der Waals surface area contributed by atoms with Gasteiger partial charge in [-0.3, -0.25) is 0 Å². The van der Waals surface area contributed by atoms with Gasteiger partial charge in [0.2, 0.25) is 0 Å². The molecule has 0 spiro atoms. The zero-order chi connectivity index (χ0) is 2.71. The second-order valence-corrected chi connectivity index (χ2v) is 0.577. The summed E-state index contributed by atoms with van der Waals surface area (Å²) in [6.45, 7) is 4.00. The molecule has 0 amide bonds. The zero-order valence-corrected chi connectivity index (χ0v) is 3.95. The molecule has 0 N–H and O–H groups in total. The first kappa shape index (κ1) is 8.82. The molecule has 0 bridgehead atoms. The van der Waals surface area contributed by atoms with Gasteiger partial charge in [0.15, 0.2) is 0 Å². The quantitative estimate of drug-likeness (QED) is 0.403. The third kappa shape index (κ3) is 22.2. The zero-order valence-electron chi connectivity index (χ0n) is 2.91. The smallest absolute Gasteiger partial charge is 0.335 e. The Hall–Kier alpha value is 0.506. The normalized spacial score (nSPS) is 4.50. The molecule has 1 radical (unpaired) electrons. The van der Waals surface area contributed by atoms with Crippen molar-refractivity contribution in [2.24, 2.45) is 0 Å². The molecule has 0 unspecified atom stereocenters. The maximum absolute atomic E-state index is 2.00. The Bertz CT molecular complexity index is 3.25. The van der Waals surface area contributed by atoms with Gasteiger partial charge in [0.05, 0.1) is 0 Å². The molecular formula is C3H7Co+. The van der Waals surface area contributed by atoms with Crippen LogP contribution in [0.3, 0.4) is 0 Å². The van der Waals surface area contributed by atoms with Crippen LogP contribution in [0.15, 0.2) is 0 Å². The van der Waals surface area contributed by atoms with Crippen LogP contribution < -0.4 is 0 Å². The SMILES string of the molecule is C[CH-]C.[Co+2]. The Morgan fingerprint density at radius 1 is 1.25 bits per heavy atom. The van der Waals surface area contributed by atoms with Gasteiger partial charge in [0.25, 0.3) is 0 Å². The minimum atomic E-state index is 0. The Morgan fingerprint density at radius 3 is 1.25 bits per heavy atom. The summed E-state index contributed by atoms with van der Waals surface area (Å²) in [7, 11) is 0. The number of rotatable bonds is 0. The summed E-state index contributed by atoms with van der Waals surface area (Å²) in [5.74, 6) is 0. The van der Waals surface area contributed by atoms with Crippen LogP contribution in [0.2, 0.25) is 0 Å². The topological polar surface area (TPSA) is 0 Å². The summed E-state index contributed by atoms with van der Waals surface area (Å²) in [4.78, 5) is 0. The Labute approximate surface area is 37.8 Å². The largest absolute Gasteiger partial charge is 2.00 e. The van der Waals surface area contributed by atoms with Crippen LogP contribution in [0, 0.1) is 6.42 Å². The summed E-state index contributed by atoms with van der Waals surface area (Å²) in [6.07, 6.45) is 2.00. The molecule has 0 aromatic heterocycles. The molecule has 0 atom stereocenters. The van der Waals surface area contributed by atoms with Crippen LogP contribution in [0.25, 0.3) is 0 Å². The predicted molar refractivity (Wildman–Crippen MR) is 15.6 cm³/mol.